The maximum atomic E-state index is 13.6. The zero-order valence-electron chi connectivity index (χ0n) is 18.1. The van der Waals surface area contributed by atoms with Crippen LogP contribution in [0.4, 0.5) is 21.6 Å². The topological polar surface area (TPSA) is 108 Å². The van der Waals surface area contributed by atoms with Crippen LogP contribution < -0.4 is 15.5 Å². The third-order valence-corrected chi connectivity index (χ3v) is 6.37. The maximum Gasteiger partial charge on any atom is 0.254 e. The molecule has 6 heterocycles. The van der Waals surface area contributed by atoms with Crippen LogP contribution in [0.5, 0.6) is 0 Å². The van der Waals surface area contributed by atoms with E-state index >= 15 is 0 Å². The number of fused-ring (bicyclic) bond motifs is 2. The fourth-order valence-electron chi connectivity index (χ4n) is 4.59. The molecule has 1 saturated heterocycles. The Kier molecular flexibility index (Phi) is 4.88. The van der Waals surface area contributed by atoms with Gasteiger partial charge in [-0.2, -0.15) is 0 Å². The molecule has 4 aromatic heterocycles. The van der Waals surface area contributed by atoms with Crippen LogP contribution in [0, 0.1) is 0 Å². The number of carbonyl (C=O) groups excluding carboxylic acids is 1. The molecule has 1 fully saturated rings. The van der Waals surface area contributed by atoms with Gasteiger partial charge in [0.05, 0.1) is 46.9 Å². The maximum absolute atomic E-state index is 13.6. The number of aromatic nitrogens is 4. The molecule has 0 aromatic carbocycles. The van der Waals surface area contributed by atoms with E-state index in [-0.39, 0.29) is 18.9 Å². The molecule has 0 aliphatic carbocycles. The summed E-state index contributed by atoms with van der Waals surface area (Å²) in [6.07, 6.45) is 5.10. The molecule has 0 bridgehead atoms. The van der Waals surface area contributed by atoms with Gasteiger partial charge in [-0.15, -0.1) is 0 Å². The van der Waals surface area contributed by atoms with Crippen molar-refractivity contribution in [3.05, 3.63) is 66.2 Å². The van der Waals surface area contributed by atoms with Crippen molar-refractivity contribution in [1.82, 2.24) is 24.7 Å². The summed E-state index contributed by atoms with van der Waals surface area (Å²) in [6.45, 7) is 1.14. The Morgan fingerprint density at radius 3 is 2.85 bits per heavy atom. The van der Waals surface area contributed by atoms with Gasteiger partial charge in [0.15, 0.2) is 0 Å². The third-order valence-electron chi connectivity index (χ3n) is 6.37. The smallest absolute Gasteiger partial charge is 0.254 e. The number of carbonyl (C=O) groups is 1. The van der Waals surface area contributed by atoms with Gasteiger partial charge in [-0.25, -0.2) is 14.4 Å². The highest BCUT2D eigenvalue weighted by Crippen LogP contribution is 2.33. The lowest BCUT2D eigenvalue weighted by molar-refractivity contribution is 0.0645. The molecule has 10 heteroatoms. The van der Waals surface area contributed by atoms with Crippen molar-refractivity contribution in [2.45, 2.75) is 25.2 Å². The zero-order chi connectivity index (χ0) is 23.2. The van der Waals surface area contributed by atoms with E-state index in [1.165, 1.54) is 0 Å². The predicted molar refractivity (Wildman–Crippen MR) is 125 cm³/mol. The van der Waals surface area contributed by atoms with E-state index in [2.05, 4.69) is 25.6 Å². The first-order chi connectivity index (χ1) is 16.6. The molecule has 0 unspecified atom stereocenters. The van der Waals surface area contributed by atoms with E-state index in [1.54, 1.807) is 24.7 Å². The van der Waals surface area contributed by atoms with Crippen molar-refractivity contribution in [2.24, 2.45) is 0 Å². The Balaban J connectivity index is 1.29. The first kappa shape index (κ1) is 20.5. The molecule has 2 atom stereocenters. The van der Waals surface area contributed by atoms with Gasteiger partial charge >= 0.3 is 0 Å². The van der Waals surface area contributed by atoms with E-state index < -0.39 is 12.3 Å². The van der Waals surface area contributed by atoms with Crippen LogP contribution in [0.3, 0.4) is 0 Å². The van der Waals surface area contributed by atoms with Crippen molar-refractivity contribution in [3.8, 4) is 11.4 Å². The van der Waals surface area contributed by atoms with Gasteiger partial charge in [0.2, 0.25) is 0 Å². The number of nitrogens with zero attached hydrogens (tertiary/aromatic N) is 5. The monoisotopic (exact) mass is 459 g/mol. The molecule has 3 N–H and O–H groups in total. The lowest BCUT2D eigenvalue weighted by Gasteiger charge is -2.33. The van der Waals surface area contributed by atoms with Gasteiger partial charge < -0.3 is 20.6 Å². The van der Waals surface area contributed by atoms with Gasteiger partial charge in [-0.1, -0.05) is 6.07 Å². The summed E-state index contributed by atoms with van der Waals surface area (Å²) in [7, 11) is 0. The van der Waals surface area contributed by atoms with Crippen molar-refractivity contribution < 1.29 is 14.3 Å². The molecule has 2 aliphatic rings. The number of imidazole rings is 1. The quantitative estimate of drug-likeness (QED) is 0.431. The molecule has 172 valence electrons. The molecule has 2 aliphatic heterocycles. The Morgan fingerprint density at radius 2 is 2.03 bits per heavy atom. The number of aliphatic hydroxyl groups excluding tert-OH is 1. The van der Waals surface area contributed by atoms with Crippen LogP contribution in [0.25, 0.3) is 17.0 Å². The van der Waals surface area contributed by atoms with E-state index in [4.69, 9.17) is 0 Å². The highest BCUT2D eigenvalue weighted by molar-refractivity contribution is 6.05. The van der Waals surface area contributed by atoms with Gasteiger partial charge in [-0.3, -0.25) is 14.2 Å². The number of alkyl halides is 1. The number of amides is 1. The summed E-state index contributed by atoms with van der Waals surface area (Å²) in [5, 5.41) is 15.9. The van der Waals surface area contributed by atoms with Crippen molar-refractivity contribution in [2.75, 3.05) is 23.3 Å². The fourth-order valence-corrected chi connectivity index (χ4v) is 4.59. The first-order valence-electron chi connectivity index (χ1n) is 11.1. The van der Waals surface area contributed by atoms with Crippen molar-refractivity contribution in [3.63, 3.8) is 0 Å². The number of β-amino-alcohol motifs (C(OH)–C–C–N with tert-alkyl or cyclic N) is 1. The van der Waals surface area contributed by atoms with E-state index in [9.17, 15) is 14.3 Å². The number of aliphatic hydroxyl groups is 1. The Morgan fingerprint density at radius 1 is 1.12 bits per heavy atom. The highest BCUT2D eigenvalue weighted by Gasteiger charge is 2.29. The second kappa shape index (κ2) is 8.07. The second-order valence-corrected chi connectivity index (χ2v) is 8.47. The summed E-state index contributed by atoms with van der Waals surface area (Å²) in [5.74, 6) is 0.380. The lowest BCUT2D eigenvalue weighted by atomic mass is 10.1. The molecule has 34 heavy (non-hydrogen) atoms. The first-order valence-corrected chi connectivity index (χ1v) is 11.1. The van der Waals surface area contributed by atoms with Crippen molar-refractivity contribution >= 4 is 28.7 Å². The molecular weight excluding hydrogens is 437 g/mol. The van der Waals surface area contributed by atoms with E-state index in [1.807, 2.05) is 39.8 Å². The van der Waals surface area contributed by atoms with Crippen LogP contribution in [-0.4, -0.2) is 55.7 Å². The van der Waals surface area contributed by atoms with Crippen LogP contribution in [-0.2, 0) is 6.54 Å². The number of piperidine rings is 1. The second-order valence-electron chi connectivity index (χ2n) is 8.47. The lowest BCUT2D eigenvalue weighted by Crippen LogP contribution is -2.45. The van der Waals surface area contributed by atoms with Crippen LogP contribution >= 0.6 is 0 Å². The standard InChI is InChI=1S/C24H22FN7O2/c25-16-6-8-31(13-19(16)33)14-4-5-20(26-9-14)30-17-11-28-23(15-10-29-24(34)22(15)17)18-12-27-21-3-1-2-7-32(18)21/h1-5,7,9,11-12,16,19,33H,6,8,10,13H2,(H,26,30)(H,29,34)/t16-,19-/m1/s1. The minimum Gasteiger partial charge on any atom is -0.388 e. The van der Waals surface area contributed by atoms with Gasteiger partial charge in [0.1, 0.15) is 23.7 Å². The van der Waals surface area contributed by atoms with Crippen molar-refractivity contribution in [1.29, 1.82) is 0 Å². The Bertz CT molecular complexity index is 1390. The molecule has 9 nitrogen and oxygen atoms in total. The Hall–Kier alpha value is -4.05. The van der Waals surface area contributed by atoms with Gasteiger partial charge in [-0.05, 0) is 30.7 Å². The molecule has 0 radical (unpaired) electrons. The van der Waals surface area contributed by atoms with Crippen LogP contribution in [0.15, 0.2) is 55.1 Å². The SMILES string of the molecule is O=C1NCc2c(-c3cnc4ccccn34)ncc(Nc3ccc(N4CC[C@@H](F)[C@H](O)C4)cn3)c21. The molecule has 1 amide bonds. The van der Waals surface area contributed by atoms with Gasteiger partial charge in [0.25, 0.3) is 5.91 Å². The highest BCUT2D eigenvalue weighted by atomic mass is 19.1. The summed E-state index contributed by atoms with van der Waals surface area (Å²) in [5.41, 5.74) is 5.04. The zero-order valence-corrected chi connectivity index (χ0v) is 18.1. The van der Waals surface area contributed by atoms with E-state index in [0.29, 0.717) is 35.9 Å². The number of nitrogens with one attached hydrogen (secondary N) is 2. The summed E-state index contributed by atoms with van der Waals surface area (Å²) in [4.78, 5) is 28.2. The number of hydrogen-bond donors (Lipinski definition) is 3. The largest absolute Gasteiger partial charge is 0.388 e. The number of rotatable bonds is 4. The summed E-state index contributed by atoms with van der Waals surface area (Å²) < 4.78 is 15.5. The van der Waals surface area contributed by atoms with Crippen LogP contribution in [0.2, 0.25) is 0 Å². The average Bonchev–Trinajstić information content (AvgIpc) is 3.46. The summed E-state index contributed by atoms with van der Waals surface area (Å²) >= 11 is 0. The molecule has 4 aromatic rings. The average molecular weight is 459 g/mol. The van der Waals surface area contributed by atoms with Crippen LogP contribution in [0.1, 0.15) is 22.3 Å². The minimum absolute atomic E-state index is 0.172. The third kappa shape index (κ3) is 3.43. The predicted octanol–water partition coefficient (Wildman–Crippen LogP) is 2.69. The molecule has 6 rings (SSSR count). The molecule has 0 saturated carbocycles. The number of anilines is 3. The Labute approximate surface area is 194 Å². The molecular formula is C24H22FN7O2. The fraction of sp³-hybridized carbons (Fsp3) is 0.250. The van der Waals surface area contributed by atoms with E-state index in [0.717, 1.165) is 22.6 Å². The summed E-state index contributed by atoms with van der Waals surface area (Å²) in [6, 6.07) is 9.42. The molecule has 0 spiro atoms. The number of pyridine rings is 3. The number of hydrogen-bond acceptors (Lipinski definition) is 7. The minimum atomic E-state index is -1.19. The number of halogens is 1. The van der Waals surface area contributed by atoms with Gasteiger partial charge in [0, 0.05) is 31.4 Å². The normalized spacial score (nSPS) is 19.8.